The topological polar surface area (TPSA) is 148 Å². The molecule has 1 aliphatic heterocycles. The first-order valence-corrected chi connectivity index (χ1v) is 16.1. The molecule has 14 heteroatoms. The number of benzene rings is 3. The van der Waals surface area contributed by atoms with Crippen LogP contribution < -0.4 is 15.8 Å². The highest BCUT2D eigenvalue weighted by atomic mass is 35.5. The van der Waals surface area contributed by atoms with E-state index in [1.807, 2.05) is 42.5 Å². The van der Waals surface area contributed by atoms with Crippen LogP contribution >= 0.6 is 11.6 Å². The fraction of sp³-hybridized carbons (Fsp3) is 0.400. The van der Waals surface area contributed by atoms with E-state index in [0.29, 0.717) is 31.6 Å². The van der Waals surface area contributed by atoms with Crippen LogP contribution in [0.2, 0.25) is 5.02 Å². The van der Waals surface area contributed by atoms with Crippen molar-refractivity contribution in [1.82, 2.24) is 5.32 Å². The van der Waals surface area contributed by atoms with Gasteiger partial charge in [-0.05, 0) is 73.9 Å². The summed E-state index contributed by atoms with van der Waals surface area (Å²) in [4.78, 5) is 32.7. The number of nitrogens with one attached hydrogen (secondary N) is 1. The molecule has 3 aromatic carbocycles. The van der Waals surface area contributed by atoms with Crippen LogP contribution in [-0.4, -0.2) is 66.1 Å². The maximum absolute atomic E-state index is 16.1. The molecule has 2 fully saturated rings. The molecule has 0 bridgehead atoms. The second kappa shape index (κ2) is 17.0. The number of nitrogens with two attached hydrogens (primary N) is 1. The summed E-state index contributed by atoms with van der Waals surface area (Å²) in [7, 11) is 0. The van der Waals surface area contributed by atoms with Gasteiger partial charge >= 0.3 is 18.1 Å². The number of halogens is 5. The third-order valence-corrected chi connectivity index (χ3v) is 8.94. The van der Waals surface area contributed by atoms with Gasteiger partial charge in [0, 0.05) is 41.3 Å². The Morgan fingerprint density at radius 3 is 2.22 bits per heavy atom. The minimum Gasteiger partial charge on any atom is -0.488 e. The Labute approximate surface area is 285 Å². The molecule has 1 saturated carbocycles. The SMILES string of the molecule is NC(=O)c1ccc(OC[C@@H]2CCCO2)c(F)c1-c1cc(C(CNC2CCC(C(=O)O)CC2)c2ccccc2)ccc1Cl.O=C(O)C(F)(F)F. The lowest BCUT2D eigenvalue weighted by Gasteiger charge is -2.29. The van der Waals surface area contributed by atoms with E-state index in [2.05, 4.69) is 5.32 Å². The van der Waals surface area contributed by atoms with Crippen LogP contribution in [0.25, 0.3) is 11.1 Å². The molecule has 1 aliphatic carbocycles. The van der Waals surface area contributed by atoms with Crippen molar-refractivity contribution in [3.63, 3.8) is 0 Å². The number of ether oxygens (including phenoxy) is 2. The Morgan fingerprint density at radius 1 is 0.980 bits per heavy atom. The second-order valence-corrected chi connectivity index (χ2v) is 12.3. The summed E-state index contributed by atoms with van der Waals surface area (Å²) < 4.78 is 59.2. The van der Waals surface area contributed by atoms with Gasteiger partial charge in [-0.1, -0.05) is 48.0 Å². The lowest BCUT2D eigenvalue weighted by molar-refractivity contribution is -0.192. The highest BCUT2D eigenvalue weighted by Crippen LogP contribution is 2.39. The molecule has 1 saturated heterocycles. The van der Waals surface area contributed by atoms with Crippen LogP contribution in [0.5, 0.6) is 5.75 Å². The van der Waals surface area contributed by atoms with Crippen LogP contribution in [0.1, 0.15) is 65.9 Å². The minimum atomic E-state index is -5.08. The largest absolute Gasteiger partial charge is 0.490 e. The average molecular weight is 709 g/mol. The third kappa shape index (κ3) is 10.2. The zero-order valence-corrected chi connectivity index (χ0v) is 27.1. The number of carbonyl (C=O) groups is 3. The van der Waals surface area contributed by atoms with E-state index in [1.165, 1.54) is 12.1 Å². The van der Waals surface area contributed by atoms with Gasteiger partial charge in [0.1, 0.15) is 6.61 Å². The van der Waals surface area contributed by atoms with Crippen molar-refractivity contribution in [2.24, 2.45) is 11.7 Å². The Bertz CT molecular complexity index is 1610. The minimum absolute atomic E-state index is 0.00482. The summed E-state index contributed by atoms with van der Waals surface area (Å²) in [6.45, 7) is 1.45. The Hall–Kier alpha value is -4.20. The fourth-order valence-corrected chi connectivity index (χ4v) is 6.20. The molecule has 1 unspecified atom stereocenters. The number of hydrogen-bond donors (Lipinski definition) is 4. The molecule has 2 aliphatic rings. The van der Waals surface area contributed by atoms with Crippen molar-refractivity contribution >= 4 is 29.4 Å². The van der Waals surface area contributed by atoms with Gasteiger partial charge in [0.05, 0.1) is 17.6 Å². The van der Waals surface area contributed by atoms with Crippen LogP contribution in [0.15, 0.2) is 60.7 Å². The van der Waals surface area contributed by atoms with Gasteiger partial charge in [-0.15, -0.1) is 0 Å². The zero-order chi connectivity index (χ0) is 35.7. The first-order chi connectivity index (χ1) is 23.3. The lowest BCUT2D eigenvalue weighted by atomic mass is 9.85. The molecule has 1 amide bonds. The van der Waals surface area contributed by atoms with Crippen molar-refractivity contribution in [3.8, 4) is 16.9 Å². The van der Waals surface area contributed by atoms with E-state index in [9.17, 15) is 27.9 Å². The Balaban J connectivity index is 0.000000698. The number of aliphatic carboxylic acids is 2. The Morgan fingerprint density at radius 2 is 1.65 bits per heavy atom. The third-order valence-electron chi connectivity index (χ3n) is 8.61. The smallest absolute Gasteiger partial charge is 0.488 e. The quantitative estimate of drug-likeness (QED) is 0.159. The number of alkyl halides is 3. The van der Waals surface area contributed by atoms with Crippen molar-refractivity contribution in [2.75, 3.05) is 19.8 Å². The number of amides is 1. The van der Waals surface area contributed by atoms with Crippen molar-refractivity contribution in [3.05, 3.63) is 88.2 Å². The van der Waals surface area contributed by atoms with E-state index in [-0.39, 0.29) is 52.5 Å². The summed E-state index contributed by atoms with van der Waals surface area (Å²) in [6, 6.07) is 18.5. The average Bonchev–Trinajstić information content (AvgIpc) is 3.59. The molecule has 0 aromatic heterocycles. The molecule has 5 N–H and O–H groups in total. The van der Waals surface area contributed by atoms with Crippen molar-refractivity contribution < 1.29 is 51.6 Å². The predicted octanol–water partition coefficient (Wildman–Crippen LogP) is 6.80. The van der Waals surface area contributed by atoms with Gasteiger partial charge < -0.3 is 30.7 Å². The van der Waals surface area contributed by atoms with Gasteiger partial charge in [-0.25, -0.2) is 9.18 Å². The molecule has 9 nitrogen and oxygen atoms in total. The maximum atomic E-state index is 16.1. The molecular weight excluding hydrogens is 672 g/mol. The van der Waals surface area contributed by atoms with Gasteiger partial charge in [-0.2, -0.15) is 13.2 Å². The first kappa shape index (κ1) is 37.6. The van der Waals surface area contributed by atoms with Gasteiger partial charge in [0.15, 0.2) is 11.6 Å². The summed E-state index contributed by atoms with van der Waals surface area (Å²) in [5.74, 6) is -5.35. The molecule has 0 spiro atoms. The van der Waals surface area contributed by atoms with E-state index in [4.69, 9.17) is 36.7 Å². The van der Waals surface area contributed by atoms with Crippen molar-refractivity contribution in [1.29, 1.82) is 0 Å². The highest BCUT2D eigenvalue weighted by molar-refractivity contribution is 6.33. The molecular formula is C35H37ClF4N2O7. The van der Waals surface area contributed by atoms with E-state index in [1.54, 1.807) is 6.07 Å². The molecule has 3 aromatic rings. The Kier molecular flexibility index (Phi) is 13.0. The normalized spacial score (nSPS) is 19.7. The van der Waals surface area contributed by atoms with Gasteiger partial charge in [0.25, 0.3) is 0 Å². The van der Waals surface area contributed by atoms with Crippen LogP contribution in [0.4, 0.5) is 17.6 Å². The molecule has 1 heterocycles. The predicted molar refractivity (Wildman–Crippen MR) is 173 cm³/mol. The molecule has 0 radical (unpaired) electrons. The fourth-order valence-electron chi connectivity index (χ4n) is 5.99. The summed E-state index contributed by atoms with van der Waals surface area (Å²) in [6.07, 6.45) is -0.534. The summed E-state index contributed by atoms with van der Waals surface area (Å²) in [5.41, 5.74) is 8.00. The van der Waals surface area contributed by atoms with Gasteiger partial charge in [0.2, 0.25) is 5.91 Å². The first-order valence-electron chi connectivity index (χ1n) is 15.7. The molecule has 264 valence electrons. The molecule has 49 heavy (non-hydrogen) atoms. The highest BCUT2D eigenvalue weighted by Gasteiger charge is 2.38. The van der Waals surface area contributed by atoms with Crippen LogP contribution in [0.3, 0.4) is 0 Å². The van der Waals surface area contributed by atoms with Gasteiger partial charge in [-0.3, -0.25) is 9.59 Å². The summed E-state index contributed by atoms with van der Waals surface area (Å²) >= 11 is 6.66. The zero-order valence-electron chi connectivity index (χ0n) is 26.3. The number of carbonyl (C=O) groups excluding carboxylic acids is 1. The number of hydrogen-bond acceptors (Lipinski definition) is 6. The molecule has 2 atom stereocenters. The monoisotopic (exact) mass is 708 g/mol. The summed E-state index contributed by atoms with van der Waals surface area (Å²) in [5, 5.41) is 20.4. The number of carboxylic acids is 2. The number of rotatable bonds is 11. The number of carboxylic acid groups (broad SMARTS) is 2. The molecule has 5 rings (SSSR count). The van der Waals surface area contributed by atoms with Crippen LogP contribution in [0, 0.1) is 11.7 Å². The van der Waals surface area contributed by atoms with E-state index >= 15 is 4.39 Å². The van der Waals surface area contributed by atoms with E-state index < -0.39 is 29.8 Å². The standard InChI is InChI=1S/C33H36ClFN2O5.C2HF3O2/c34-28-14-10-22(27(20-5-2-1-3-6-20)18-37-23-11-8-21(9-12-23)33(39)40)17-26(28)30-25(32(36)38)13-15-29(31(30)35)42-19-24-7-4-16-41-24;3-2(4,5)1(6)7/h1-3,5-6,10,13-15,17,21,23-24,27,37H,4,7-9,11-12,16,18-19H2,(H2,36,38)(H,39,40);(H,6,7)/t21?,23?,24-,27?;/m0./s1. The lowest BCUT2D eigenvalue weighted by Crippen LogP contribution is -2.37. The van der Waals surface area contributed by atoms with Crippen LogP contribution in [-0.2, 0) is 14.3 Å². The van der Waals surface area contributed by atoms with Crippen molar-refractivity contribution in [2.45, 2.75) is 62.8 Å². The van der Waals surface area contributed by atoms with E-state index in [0.717, 1.165) is 36.8 Å². The number of primary amides is 1. The second-order valence-electron chi connectivity index (χ2n) is 11.9. The maximum Gasteiger partial charge on any atom is 0.490 e.